The number of benzene rings is 11. The molecule has 11 aromatic carbocycles. The van der Waals surface area contributed by atoms with E-state index in [0.29, 0.717) is 40.0 Å². The molecule has 0 spiro atoms. The lowest BCUT2D eigenvalue weighted by Crippen LogP contribution is -2.04. The first kappa shape index (κ1) is 52.0. The molecule has 0 aliphatic rings. The third-order valence-electron chi connectivity index (χ3n) is 16.3. The lowest BCUT2D eigenvalue weighted by atomic mass is 9.99. The highest BCUT2D eigenvalue weighted by atomic mass is 15.0. The van der Waals surface area contributed by atoms with Gasteiger partial charge in [-0.05, 0) is 142 Å². The summed E-state index contributed by atoms with van der Waals surface area (Å²) in [6, 6.07) is 89.9. The fourth-order valence-corrected chi connectivity index (χ4v) is 12.1. The van der Waals surface area contributed by atoms with Gasteiger partial charge in [0.25, 0.3) is 0 Å². The van der Waals surface area contributed by atoms with E-state index in [1.807, 2.05) is 170 Å². The Morgan fingerprint density at radius 3 is 1.12 bits per heavy atom. The van der Waals surface area contributed by atoms with Crippen LogP contribution in [-0.2, 0) is 0 Å². The van der Waals surface area contributed by atoms with Crippen LogP contribution in [0, 0.1) is 35.8 Å². The van der Waals surface area contributed by atoms with E-state index < -0.39 is 0 Å². The van der Waals surface area contributed by atoms with Gasteiger partial charge in [0.15, 0.2) is 28.8 Å². The van der Waals surface area contributed by atoms with E-state index in [1.165, 1.54) is 0 Å². The first-order valence-corrected chi connectivity index (χ1v) is 28.5. The lowest BCUT2D eigenvalue weighted by molar-refractivity contribution is 1.07. The van der Waals surface area contributed by atoms with Gasteiger partial charge in [-0.1, -0.05) is 158 Å². The number of pyridine rings is 1. The average Bonchev–Trinajstić information content (AvgIpc) is 1.62. The molecule has 10 nitrogen and oxygen atoms in total. The van der Waals surface area contributed by atoms with Crippen LogP contribution in [-0.4, -0.2) is 29.1 Å². The first-order chi connectivity index (χ1) is 43.4. The van der Waals surface area contributed by atoms with E-state index in [2.05, 4.69) is 128 Å². The number of nitrogens with zero attached hydrogens (tertiary/aromatic N) is 10. The normalized spacial score (nSPS) is 11.1. The van der Waals surface area contributed by atoms with Crippen LogP contribution in [0.3, 0.4) is 0 Å². The maximum Gasteiger partial charge on any atom is 0.187 e. The molecular weight excluding hydrogens is 1080 g/mol. The summed E-state index contributed by atoms with van der Waals surface area (Å²) in [5.41, 5.74) is 19.5. The van der Waals surface area contributed by atoms with Crippen LogP contribution >= 0.6 is 0 Å². The van der Waals surface area contributed by atoms with Gasteiger partial charge in [0.05, 0.1) is 69.9 Å². The second kappa shape index (κ2) is 21.7. The summed E-state index contributed by atoms with van der Waals surface area (Å²) in [5.74, 6) is 1.57. The zero-order chi connectivity index (χ0) is 59.2. The SMILES string of the molecule is [C-]#[N+]c1cccc(-c2ccc3c(c2)c2cc(-c4cccc([N+]#[C-])c4)ccc2n3-c2cc(-c3nc(-c4ccccc4)nc(-c4ccccc4)n3)ccc2-c2cnccc2-n2c3ccc(-c4cccc(C#N)c4)cc3c3cc(-c4cccc(C#N)c4)ccc32)c1. The smallest absolute Gasteiger partial charge is 0.187 e. The van der Waals surface area contributed by atoms with Gasteiger partial charge in [0, 0.05) is 61.8 Å². The van der Waals surface area contributed by atoms with E-state index in [1.54, 1.807) is 0 Å². The molecule has 0 saturated carbocycles. The topological polar surface area (TPSA) is 118 Å². The Morgan fingerprint density at radius 1 is 0.318 bits per heavy atom. The van der Waals surface area contributed by atoms with Crippen molar-refractivity contribution in [3.63, 3.8) is 0 Å². The van der Waals surface area contributed by atoms with E-state index in [0.717, 1.165) is 127 Å². The Morgan fingerprint density at radius 2 is 0.693 bits per heavy atom. The van der Waals surface area contributed by atoms with Crippen molar-refractivity contribution < 1.29 is 0 Å². The first-order valence-electron chi connectivity index (χ1n) is 28.5. The molecule has 0 N–H and O–H groups in total. The van der Waals surface area contributed by atoms with Crippen molar-refractivity contribution in [2.45, 2.75) is 0 Å². The molecule has 0 unspecified atom stereocenters. The number of hydrogen-bond acceptors (Lipinski definition) is 6. The van der Waals surface area contributed by atoms with Crippen molar-refractivity contribution >= 4 is 55.0 Å². The standard InChI is InChI=1S/C78H44N10/c1-81-62-23-11-21-55(39-62)59-28-33-72-67(43-59)68-44-60(56-22-12-24-63(40-56)82-2)29-34-73(68)88(72)75-45-61(78-85-76(51-15-5-3-6-16-51)84-77(86-78)52-17-7-4-8-18-52)25-30-64(75)69-48-83-36-35-74(69)87-70-31-26-57(53-19-9-13-49(37-53)46-79)41-65(70)66-42-58(27-32-71(66)87)54-20-10-14-50(38-54)47-80/h3-45,48H. The van der Waals surface area contributed by atoms with Gasteiger partial charge in [-0.25, -0.2) is 24.6 Å². The molecule has 0 amide bonds. The number of hydrogen-bond donors (Lipinski definition) is 0. The van der Waals surface area contributed by atoms with E-state index in [4.69, 9.17) is 33.1 Å². The van der Waals surface area contributed by atoms with Crippen LogP contribution in [0.4, 0.5) is 11.4 Å². The van der Waals surface area contributed by atoms with E-state index in [9.17, 15) is 10.5 Å². The molecule has 15 aromatic rings. The Balaban J connectivity index is 1.02. The molecule has 0 saturated heterocycles. The highest BCUT2D eigenvalue weighted by Gasteiger charge is 2.24. The highest BCUT2D eigenvalue weighted by Crippen LogP contribution is 2.45. The molecule has 406 valence electrons. The van der Waals surface area contributed by atoms with Crippen molar-refractivity contribution in [1.29, 1.82) is 10.5 Å². The van der Waals surface area contributed by atoms with Gasteiger partial charge >= 0.3 is 0 Å². The number of rotatable bonds is 10. The Kier molecular flexibility index (Phi) is 12.8. The third kappa shape index (κ3) is 9.22. The number of nitriles is 2. The molecule has 4 aromatic heterocycles. The van der Waals surface area contributed by atoms with E-state index in [-0.39, 0.29) is 0 Å². The molecular formula is C78H44N10. The predicted octanol–water partition coefficient (Wildman–Crippen LogP) is 19.6. The van der Waals surface area contributed by atoms with Crippen molar-refractivity contribution in [2.75, 3.05) is 0 Å². The molecule has 0 radical (unpaired) electrons. The van der Waals surface area contributed by atoms with Gasteiger partial charge < -0.3 is 9.13 Å². The molecule has 4 heterocycles. The Labute approximate surface area is 506 Å². The van der Waals surface area contributed by atoms with Crippen molar-refractivity contribution in [3.05, 3.63) is 301 Å². The zero-order valence-corrected chi connectivity index (χ0v) is 46.9. The van der Waals surface area contributed by atoms with Crippen LogP contribution in [0.25, 0.3) is 154 Å². The van der Waals surface area contributed by atoms with Crippen molar-refractivity contribution in [2.24, 2.45) is 0 Å². The molecule has 0 aliphatic carbocycles. The average molecular weight is 1120 g/mol. The minimum atomic E-state index is 0.492. The summed E-state index contributed by atoms with van der Waals surface area (Å²) in [5, 5.41) is 23.9. The second-order valence-electron chi connectivity index (χ2n) is 21.5. The van der Waals surface area contributed by atoms with Gasteiger partial charge in [0.1, 0.15) is 0 Å². The molecule has 0 bridgehead atoms. The van der Waals surface area contributed by atoms with Gasteiger partial charge in [0.2, 0.25) is 0 Å². The van der Waals surface area contributed by atoms with Crippen LogP contribution in [0.5, 0.6) is 0 Å². The van der Waals surface area contributed by atoms with Crippen molar-refractivity contribution in [1.82, 2.24) is 29.1 Å². The molecule has 15 rings (SSSR count). The summed E-state index contributed by atoms with van der Waals surface area (Å²) in [6.45, 7) is 15.7. The van der Waals surface area contributed by atoms with Gasteiger partial charge in [-0.15, -0.1) is 0 Å². The summed E-state index contributed by atoms with van der Waals surface area (Å²) in [6.07, 6.45) is 3.78. The fourth-order valence-electron chi connectivity index (χ4n) is 12.1. The summed E-state index contributed by atoms with van der Waals surface area (Å²) in [4.78, 5) is 28.0. The molecule has 10 heteroatoms. The van der Waals surface area contributed by atoms with Gasteiger partial charge in [-0.2, -0.15) is 10.5 Å². The largest absolute Gasteiger partial charge is 0.309 e. The Hall–Kier alpha value is -12.9. The highest BCUT2D eigenvalue weighted by molar-refractivity contribution is 6.14. The second-order valence-corrected chi connectivity index (χ2v) is 21.5. The molecule has 0 fully saturated rings. The quantitative estimate of drug-likeness (QED) is 0.126. The predicted molar refractivity (Wildman–Crippen MR) is 352 cm³/mol. The zero-order valence-electron chi connectivity index (χ0n) is 46.9. The summed E-state index contributed by atoms with van der Waals surface area (Å²) >= 11 is 0. The minimum Gasteiger partial charge on any atom is -0.309 e. The third-order valence-corrected chi connectivity index (χ3v) is 16.3. The molecule has 0 aliphatic heterocycles. The maximum absolute atomic E-state index is 9.95. The van der Waals surface area contributed by atoms with Crippen LogP contribution in [0.15, 0.2) is 267 Å². The number of aromatic nitrogens is 6. The van der Waals surface area contributed by atoms with Crippen molar-refractivity contribution in [3.8, 4) is 113 Å². The maximum atomic E-state index is 9.95. The van der Waals surface area contributed by atoms with E-state index >= 15 is 0 Å². The summed E-state index contributed by atoms with van der Waals surface area (Å²) in [7, 11) is 0. The molecule has 88 heavy (non-hydrogen) atoms. The molecule has 0 atom stereocenters. The Bertz CT molecular complexity index is 5230. The fraction of sp³-hybridized carbons (Fsp3) is 0. The van der Waals surface area contributed by atoms with Crippen LogP contribution < -0.4 is 0 Å². The summed E-state index contributed by atoms with van der Waals surface area (Å²) < 4.78 is 4.64. The minimum absolute atomic E-state index is 0.492. The van der Waals surface area contributed by atoms with Crippen LogP contribution in [0.1, 0.15) is 11.1 Å². The number of fused-ring (bicyclic) bond motifs is 6. The lowest BCUT2D eigenvalue weighted by Gasteiger charge is -2.19. The van der Waals surface area contributed by atoms with Gasteiger partial charge in [-0.3, -0.25) is 4.98 Å². The van der Waals surface area contributed by atoms with Crippen LogP contribution in [0.2, 0.25) is 0 Å². The monoisotopic (exact) mass is 1120 g/mol.